The molecule has 1 N–H and O–H groups in total. The summed E-state index contributed by atoms with van der Waals surface area (Å²) in [6.07, 6.45) is 2.59. The van der Waals surface area contributed by atoms with Crippen molar-refractivity contribution in [2.24, 2.45) is 0 Å². The van der Waals surface area contributed by atoms with Crippen LogP contribution in [0.15, 0.2) is 23.3 Å². The first-order chi connectivity index (χ1) is 7.58. The van der Waals surface area contributed by atoms with Crippen LogP contribution < -0.4 is 5.56 Å². The highest BCUT2D eigenvalue weighted by Gasteiger charge is 2.09. The van der Waals surface area contributed by atoms with E-state index in [1.54, 1.807) is 13.8 Å². The molecule has 0 aliphatic heterocycles. The van der Waals surface area contributed by atoms with Crippen LogP contribution in [-0.4, -0.2) is 15.0 Å². The number of hydrogen-bond acceptors (Lipinski definition) is 3. The summed E-state index contributed by atoms with van der Waals surface area (Å²) < 4.78 is 13.0. The molecular weight excluding hydrogens is 209 g/mol. The van der Waals surface area contributed by atoms with Gasteiger partial charge in [-0.05, 0) is 19.9 Å². The number of aryl methyl sites for hydroxylation is 1. The molecule has 0 unspecified atom stereocenters. The molecule has 16 heavy (non-hydrogen) atoms. The number of halogens is 1. The molecular formula is C11H10FN3O. The van der Waals surface area contributed by atoms with E-state index in [9.17, 15) is 9.18 Å². The van der Waals surface area contributed by atoms with Crippen LogP contribution in [0.5, 0.6) is 0 Å². The van der Waals surface area contributed by atoms with E-state index in [1.165, 1.54) is 12.3 Å². The molecule has 2 aromatic heterocycles. The van der Waals surface area contributed by atoms with E-state index in [4.69, 9.17) is 0 Å². The molecule has 0 fully saturated rings. The van der Waals surface area contributed by atoms with Gasteiger partial charge in [0, 0.05) is 17.3 Å². The third-order valence-corrected chi connectivity index (χ3v) is 2.25. The Bertz CT molecular complexity index is 592. The highest BCUT2D eigenvalue weighted by Crippen LogP contribution is 2.18. The van der Waals surface area contributed by atoms with Crippen LogP contribution >= 0.6 is 0 Å². The Labute approximate surface area is 91.2 Å². The third kappa shape index (κ3) is 1.84. The van der Waals surface area contributed by atoms with E-state index in [-0.39, 0.29) is 5.56 Å². The van der Waals surface area contributed by atoms with Crippen molar-refractivity contribution in [2.45, 2.75) is 13.8 Å². The zero-order valence-electron chi connectivity index (χ0n) is 8.91. The molecule has 0 atom stereocenters. The number of pyridine rings is 1. The molecule has 0 aromatic carbocycles. The van der Waals surface area contributed by atoms with Gasteiger partial charge in [0.1, 0.15) is 11.6 Å². The Morgan fingerprint density at radius 3 is 2.75 bits per heavy atom. The minimum atomic E-state index is -0.448. The third-order valence-electron chi connectivity index (χ3n) is 2.25. The van der Waals surface area contributed by atoms with E-state index in [1.807, 2.05) is 0 Å². The van der Waals surface area contributed by atoms with Gasteiger partial charge < -0.3 is 4.98 Å². The second-order valence-corrected chi connectivity index (χ2v) is 3.52. The maximum absolute atomic E-state index is 13.0. The van der Waals surface area contributed by atoms with Gasteiger partial charge in [0.25, 0.3) is 5.56 Å². The predicted molar refractivity (Wildman–Crippen MR) is 57.5 cm³/mol. The van der Waals surface area contributed by atoms with Gasteiger partial charge in [0.2, 0.25) is 0 Å². The van der Waals surface area contributed by atoms with Gasteiger partial charge in [-0.3, -0.25) is 9.78 Å². The van der Waals surface area contributed by atoms with Gasteiger partial charge in [-0.2, -0.15) is 0 Å². The van der Waals surface area contributed by atoms with Gasteiger partial charge in [-0.15, -0.1) is 0 Å². The van der Waals surface area contributed by atoms with Crippen molar-refractivity contribution in [3.8, 4) is 11.3 Å². The number of rotatable bonds is 1. The SMILES string of the molecule is Cc1nc(-c2cncc(F)c2)c(C)c(=O)[nH]1. The molecule has 0 amide bonds. The molecule has 0 aliphatic carbocycles. The molecule has 0 radical (unpaired) electrons. The predicted octanol–water partition coefficient (Wildman–Crippen LogP) is 1.59. The molecule has 0 aliphatic rings. The van der Waals surface area contributed by atoms with Crippen LogP contribution in [0.3, 0.4) is 0 Å². The van der Waals surface area contributed by atoms with Crippen LogP contribution in [0.4, 0.5) is 4.39 Å². The Morgan fingerprint density at radius 2 is 2.06 bits per heavy atom. The monoisotopic (exact) mass is 219 g/mol. The van der Waals surface area contributed by atoms with Gasteiger partial charge in [0.15, 0.2) is 0 Å². The summed E-state index contributed by atoms with van der Waals surface area (Å²) in [5, 5.41) is 0. The smallest absolute Gasteiger partial charge is 0.254 e. The maximum atomic E-state index is 13.0. The lowest BCUT2D eigenvalue weighted by atomic mass is 10.1. The zero-order valence-corrected chi connectivity index (χ0v) is 8.91. The molecule has 0 spiro atoms. The number of nitrogens with one attached hydrogen (secondary N) is 1. The largest absolute Gasteiger partial charge is 0.311 e. The van der Waals surface area contributed by atoms with Crippen LogP contribution in [0.25, 0.3) is 11.3 Å². The second kappa shape index (κ2) is 3.84. The lowest BCUT2D eigenvalue weighted by molar-refractivity contribution is 0.622. The minimum absolute atomic E-state index is 0.216. The van der Waals surface area contributed by atoms with E-state index >= 15 is 0 Å². The number of H-pyrrole nitrogens is 1. The average molecular weight is 219 g/mol. The molecule has 82 valence electrons. The summed E-state index contributed by atoms with van der Waals surface area (Å²) in [7, 11) is 0. The fraction of sp³-hybridized carbons (Fsp3) is 0.182. The molecule has 0 saturated carbocycles. The van der Waals surface area contributed by atoms with Crippen molar-refractivity contribution >= 4 is 0 Å². The summed E-state index contributed by atoms with van der Waals surface area (Å²) in [4.78, 5) is 22.0. The summed E-state index contributed by atoms with van der Waals surface area (Å²) in [5.74, 6) is 0.0477. The molecule has 4 nitrogen and oxygen atoms in total. The topological polar surface area (TPSA) is 58.6 Å². The average Bonchev–Trinajstić information content (AvgIpc) is 2.23. The Hall–Kier alpha value is -2.04. The lowest BCUT2D eigenvalue weighted by Crippen LogP contribution is -2.14. The zero-order chi connectivity index (χ0) is 11.7. The van der Waals surface area contributed by atoms with Gasteiger partial charge in [-0.25, -0.2) is 9.37 Å². The normalized spacial score (nSPS) is 10.4. The second-order valence-electron chi connectivity index (χ2n) is 3.52. The fourth-order valence-electron chi connectivity index (χ4n) is 1.47. The number of nitrogens with zero attached hydrogens (tertiary/aromatic N) is 2. The van der Waals surface area contributed by atoms with Gasteiger partial charge in [0.05, 0.1) is 11.9 Å². The first-order valence-corrected chi connectivity index (χ1v) is 4.76. The molecule has 0 saturated heterocycles. The summed E-state index contributed by atoms with van der Waals surface area (Å²) in [6.45, 7) is 3.32. The van der Waals surface area contributed by atoms with Crippen LogP contribution in [-0.2, 0) is 0 Å². The summed E-state index contributed by atoms with van der Waals surface area (Å²) >= 11 is 0. The number of aromatic nitrogens is 3. The molecule has 0 bridgehead atoms. The molecule has 5 heteroatoms. The van der Waals surface area contributed by atoms with Crippen molar-refractivity contribution in [1.29, 1.82) is 0 Å². The number of aromatic amines is 1. The van der Waals surface area contributed by atoms with Gasteiger partial charge in [-0.1, -0.05) is 0 Å². The van der Waals surface area contributed by atoms with Crippen LogP contribution in [0.1, 0.15) is 11.4 Å². The van der Waals surface area contributed by atoms with Crippen LogP contribution in [0.2, 0.25) is 0 Å². The highest BCUT2D eigenvalue weighted by molar-refractivity contribution is 5.61. The van der Waals surface area contributed by atoms with E-state index in [0.717, 1.165) is 6.20 Å². The van der Waals surface area contributed by atoms with Crippen molar-refractivity contribution in [1.82, 2.24) is 15.0 Å². The standard InChI is InChI=1S/C11H10FN3O/c1-6-10(14-7(2)15-11(6)16)8-3-9(12)5-13-4-8/h3-5H,1-2H3,(H,14,15,16). The quantitative estimate of drug-likeness (QED) is 0.792. The fourth-order valence-corrected chi connectivity index (χ4v) is 1.47. The molecule has 2 heterocycles. The molecule has 2 aromatic rings. The first kappa shape index (κ1) is 10.5. The Morgan fingerprint density at radius 1 is 1.31 bits per heavy atom. The van der Waals surface area contributed by atoms with Crippen LogP contribution in [0, 0.1) is 19.7 Å². The van der Waals surface area contributed by atoms with Crippen molar-refractivity contribution in [3.63, 3.8) is 0 Å². The highest BCUT2D eigenvalue weighted by atomic mass is 19.1. The van der Waals surface area contributed by atoms with E-state index in [2.05, 4.69) is 15.0 Å². The maximum Gasteiger partial charge on any atom is 0.254 e. The minimum Gasteiger partial charge on any atom is -0.311 e. The lowest BCUT2D eigenvalue weighted by Gasteiger charge is -2.04. The summed E-state index contributed by atoms with van der Waals surface area (Å²) in [5.41, 5.74) is 1.21. The first-order valence-electron chi connectivity index (χ1n) is 4.76. The van der Waals surface area contributed by atoms with Crippen molar-refractivity contribution in [2.75, 3.05) is 0 Å². The Kier molecular flexibility index (Phi) is 2.52. The number of hydrogen-bond donors (Lipinski definition) is 1. The van der Waals surface area contributed by atoms with E-state index in [0.29, 0.717) is 22.6 Å². The van der Waals surface area contributed by atoms with Crippen molar-refractivity contribution < 1.29 is 4.39 Å². The summed E-state index contributed by atoms with van der Waals surface area (Å²) in [6, 6.07) is 1.31. The van der Waals surface area contributed by atoms with Crippen molar-refractivity contribution in [3.05, 3.63) is 46.0 Å². The Balaban J connectivity index is 2.69. The molecule has 2 rings (SSSR count). The van der Waals surface area contributed by atoms with E-state index < -0.39 is 5.82 Å². The van der Waals surface area contributed by atoms with Gasteiger partial charge >= 0.3 is 0 Å².